The second-order valence-electron chi connectivity index (χ2n) is 4.82. The van der Waals surface area contributed by atoms with Gasteiger partial charge in [0.1, 0.15) is 0 Å². The van der Waals surface area contributed by atoms with Crippen LogP contribution >= 0.6 is 0 Å². The minimum Gasteiger partial charge on any atom is -0.478 e. The lowest BCUT2D eigenvalue weighted by Crippen LogP contribution is -2.25. The van der Waals surface area contributed by atoms with Crippen LogP contribution in [0.2, 0.25) is 0 Å². The van der Waals surface area contributed by atoms with Crippen molar-refractivity contribution in [1.29, 1.82) is 0 Å². The first-order valence-electron chi connectivity index (χ1n) is 6.86. The molecule has 0 aromatic heterocycles. The average molecular weight is 319 g/mol. The van der Waals surface area contributed by atoms with Gasteiger partial charge in [-0.2, -0.15) is 0 Å². The van der Waals surface area contributed by atoms with E-state index in [1.807, 2.05) is 0 Å². The van der Waals surface area contributed by atoms with Crippen molar-refractivity contribution in [2.75, 3.05) is 6.54 Å². The van der Waals surface area contributed by atoms with Crippen molar-refractivity contribution in [3.05, 3.63) is 65.7 Å². The largest absolute Gasteiger partial charge is 0.478 e. The van der Waals surface area contributed by atoms with Crippen molar-refractivity contribution in [2.45, 2.75) is 17.7 Å². The fourth-order valence-corrected chi connectivity index (χ4v) is 3.09. The predicted octanol–water partition coefficient (Wildman–Crippen LogP) is 2.30. The molecule has 22 heavy (non-hydrogen) atoms. The van der Waals surface area contributed by atoms with E-state index in [-0.39, 0.29) is 10.5 Å². The molecule has 116 valence electrons. The number of hydrogen-bond acceptors (Lipinski definition) is 3. The van der Waals surface area contributed by atoms with Gasteiger partial charge in [0.25, 0.3) is 0 Å². The molecule has 0 amide bonds. The first-order chi connectivity index (χ1) is 10.5. The summed E-state index contributed by atoms with van der Waals surface area (Å²) in [6.45, 7) is 0.331. The summed E-state index contributed by atoms with van der Waals surface area (Å²) in [5, 5.41) is 8.81. The lowest BCUT2D eigenvalue weighted by atomic mass is 10.1. The molecular weight excluding hydrogens is 302 g/mol. The number of nitrogens with one attached hydrogen (secondary N) is 1. The van der Waals surface area contributed by atoms with Gasteiger partial charge in [-0.05, 0) is 42.7 Å². The summed E-state index contributed by atoms with van der Waals surface area (Å²) in [7, 11) is -3.46. The summed E-state index contributed by atoms with van der Waals surface area (Å²) in [5.74, 6) is -0.956. The Labute approximate surface area is 129 Å². The lowest BCUT2D eigenvalue weighted by Gasteiger charge is -2.07. The van der Waals surface area contributed by atoms with Crippen LogP contribution in [0.1, 0.15) is 22.3 Å². The summed E-state index contributed by atoms with van der Waals surface area (Å²) >= 11 is 0. The molecule has 5 nitrogen and oxygen atoms in total. The van der Waals surface area contributed by atoms with E-state index >= 15 is 0 Å². The molecule has 6 heteroatoms. The third-order valence-electron chi connectivity index (χ3n) is 3.19. The highest BCUT2D eigenvalue weighted by Gasteiger charge is 2.11. The lowest BCUT2D eigenvalue weighted by molar-refractivity contribution is 0.0697. The summed E-state index contributed by atoms with van der Waals surface area (Å²) in [6.07, 6.45) is 1.32. The van der Waals surface area contributed by atoms with Crippen LogP contribution in [0.5, 0.6) is 0 Å². The van der Waals surface area contributed by atoms with E-state index < -0.39 is 16.0 Å². The van der Waals surface area contributed by atoms with Crippen molar-refractivity contribution in [3.63, 3.8) is 0 Å². The van der Waals surface area contributed by atoms with Crippen LogP contribution in [0.4, 0.5) is 0 Å². The highest BCUT2D eigenvalue weighted by molar-refractivity contribution is 7.89. The molecule has 0 fully saturated rings. The predicted molar refractivity (Wildman–Crippen MR) is 83.4 cm³/mol. The summed E-state index contributed by atoms with van der Waals surface area (Å²) in [4.78, 5) is 11.0. The Kier molecular flexibility index (Phi) is 5.30. The molecule has 0 unspecified atom stereocenters. The molecule has 0 aliphatic rings. The summed E-state index contributed by atoms with van der Waals surface area (Å²) in [6, 6.07) is 14.8. The molecule has 0 atom stereocenters. The van der Waals surface area contributed by atoms with E-state index in [0.717, 1.165) is 5.56 Å². The van der Waals surface area contributed by atoms with Crippen LogP contribution in [0.25, 0.3) is 0 Å². The minimum atomic E-state index is -3.46. The highest BCUT2D eigenvalue weighted by atomic mass is 32.2. The van der Waals surface area contributed by atoms with E-state index in [4.69, 9.17) is 5.11 Å². The van der Waals surface area contributed by atoms with Crippen LogP contribution in [-0.4, -0.2) is 26.0 Å². The van der Waals surface area contributed by atoms with E-state index in [9.17, 15) is 13.2 Å². The smallest absolute Gasteiger partial charge is 0.335 e. The number of rotatable bonds is 7. The van der Waals surface area contributed by atoms with E-state index in [0.29, 0.717) is 19.4 Å². The van der Waals surface area contributed by atoms with Crippen molar-refractivity contribution >= 4 is 16.0 Å². The summed E-state index contributed by atoms with van der Waals surface area (Å²) < 4.78 is 26.5. The minimum absolute atomic E-state index is 0.244. The van der Waals surface area contributed by atoms with E-state index in [1.165, 1.54) is 0 Å². The maximum atomic E-state index is 12.0. The van der Waals surface area contributed by atoms with Gasteiger partial charge in [-0.25, -0.2) is 17.9 Å². The van der Waals surface area contributed by atoms with Gasteiger partial charge in [0, 0.05) is 6.54 Å². The van der Waals surface area contributed by atoms with Crippen molar-refractivity contribution in [2.24, 2.45) is 0 Å². The number of benzene rings is 2. The standard InChI is InChI=1S/C16H17NO4S/c18-16(19)14-10-8-13(9-11-14)5-4-12-17-22(20,21)15-6-2-1-3-7-15/h1-3,6-11,17H,4-5,12H2,(H,18,19). The zero-order chi connectivity index (χ0) is 16.0. The average Bonchev–Trinajstić information content (AvgIpc) is 2.53. The Balaban J connectivity index is 1.83. The molecule has 0 saturated heterocycles. The quantitative estimate of drug-likeness (QED) is 0.767. The van der Waals surface area contributed by atoms with Gasteiger partial charge < -0.3 is 5.11 Å². The topological polar surface area (TPSA) is 83.5 Å². The molecule has 0 aliphatic carbocycles. The Morgan fingerprint density at radius 2 is 1.64 bits per heavy atom. The maximum Gasteiger partial charge on any atom is 0.335 e. The number of carboxylic acids is 1. The van der Waals surface area contributed by atoms with Crippen LogP contribution in [-0.2, 0) is 16.4 Å². The molecule has 0 heterocycles. The molecular formula is C16H17NO4S. The molecule has 2 N–H and O–H groups in total. The van der Waals surface area contributed by atoms with Crippen LogP contribution in [0.3, 0.4) is 0 Å². The highest BCUT2D eigenvalue weighted by Crippen LogP contribution is 2.09. The Morgan fingerprint density at radius 3 is 2.23 bits per heavy atom. The monoisotopic (exact) mass is 319 g/mol. The Bertz CT molecular complexity index is 725. The van der Waals surface area contributed by atoms with Gasteiger partial charge in [0.2, 0.25) is 10.0 Å². The normalized spacial score (nSPS) is 11.3. The zero-order valence-electron chi connectivity index (χ0n) is 11.9. The van der Waals surface area contributed by atoms with Gasteiger partial charge in [-0.1, -0.05) is 30.3 Å². The fourth-order valence-electron chi connectivity index (χ4n) is 2.00. The van der Waals surface area contributed by atoms with Crippen molar-refractivity contribution in [3.8, 4) is 0 Å². The Hall–Kier alpha value is -2.18. The molecule has 0 aliphatic heterocycles. The van der Waals surface area contributed by atoms with Gasteiger partial charge >= 0.3 is 5.97 Å². The van der Waals surface area contributed by atoms with E-state index in [1.54, 1.807) is 54.6 Å². The van der Waals surface area contributed by atoms with Crippen LogP contribution in [0, 0.1) is 0 Å². The Morgan fingerprint density at radius 1 is 1.00 bits per heavy atom. The second kappa shape index (κ2) is 7.20. The van der Waals surface area contributed by atoms with E-state index in [2.05, 4.69) is 4.72 Å². The third-order valence-corrected chi connectivity index (χ3v) is 4.67. The van der Waals surface area contributed by atoms with Crippen molar-refractivity contribution in [1.82, 2.24) is 4.72 Å². The molecule has 2 aromatic rings. The number of sulfonamides is 1. The second-order valence-corrected chi connectivity index (χ2v) is 6.58. The van der Waals surface area contributed by atoms with Gasteiger partial charge in [-0.3, -0.25) is 0 Å². The van der Waals surface area contributed by atoms with Crippen molar-refractivity contribution < 1.29 is 18.3 Å². The number of carboxylic acid groups (broad SMARTS) is 1. The fraction of sp³-hybridized carbons (Fsp3) is 0.188. The SMILES string of the molecule is O=C(O)c1ccc(CCCNS(=O)(=O)c2ccccc2)cc1. The van der Waals surface area contributed by atoms with Gasteiger partial charge in [-0.15, -0.1) is 0 Å². The maximum absolute atomic E-state index is 12.0. The molecule has 0 saturated carbocycles. The van der Waals surface area contributed by atoms with Gasteiger partial charge in [0.15, 0.2) is 0 Å². The zero-order valence-corrected chi connectivity index (χ0v) is 12.7. The molecule has 0 radical (unpaired) electrons. The molecule has 0 spiro atoms. The van der Waals surface area contributed by atoms with Gasteiger partial charge in [0.05, 0.1) is 10.5 Å². The number of hydrogen-bond donors (Lipinski definition) is 2. The third kappa shape index (κ3) is 4.41. The van der Waals surface area contributed by atoms with Crippen LogP contribution in [0.15, 0.2) is 59.5 Å². The summed E-state index contributed by atoms with van der Waals surface area (Å²) in [5.41, 5.74) is 1.22. The molecule has 2 rings (SSSR count). The molecule has 2 aromatic carbocycles. The number of carbonyl (C=O) groups is 1. The first-order valence-corrected chi connectivity index (χ1v) is 8.34. The molecule has 0 bridgehead atoms. The number of aryl methyl sites for hydroxylation is 1. The number of aromatic carboxylic acids is 1. The van der Waals surface area contributed by atoms with Crippen LogP contribution < -0.4 is 4.72 Å². The first kappa shape index (κ1) is 16.2.